The molecule has 1 aliphatic heterocycles. The van der Waals surface area contributed by atoms with Crippen molar-refractivity contribution >= 4 is 17.6 Å². The van der Waals surface area contributed by atoms with Gasteiger partial charge >= 0.3 is 5.97 Å². The van der Waals surface area contributed by atoms with Gasteiger partial charge in [-0.05, 0) is 44.9 Å². The van der Waals surface area contributed by atoms with Gasteiger partial charge in [0, 0.05) is 18.8 Å². The van der Waals surface area contributed by atoms with E-state index in [1.807, 2.05) is 48.8 Å². The summed E-state index contributed by atoms with van der Waals surface area (Å²) in [5.74, 6) is -0.244. The van der Waals surface area contributed by atoms with Crippen LogP contribution in [0.25, 0.3) is 0 Å². The summed E-state index contributed by atoms with van der Waals surface area (Å²) in [5.41, 5.74) is 3.27. The molecule has 120 valence electrons. The van der Waals surface area contributed by atoms with Gasteiger partial charge in [0.15, 0.2) is 0 Å². The van der Waals surface area contributed by atoms with Crippen molar-refractivity contribution in [3.63, 3.8) is 0 Å². The highest BCUT2D eigenvalue weighted by Gasteiger charge is 2.33. The maximum absolute atomic E-state index is 12.7. The zero-order valence-corrected chi connectivity index (χ0v) is 13.8. The molecule has 5 heteroatoms. The van der Waals surface area contributed by atoms with E-state index in [2.05, 4.69) is 0 Å². The molecule has 0 saturated carbocycles. The van der Waals surface area contributed by atoms with E-state index in [1.165, 1.54) is 5.56 Å². The zero-order valence-electron chi connectivity index (χ0n) is 13.8. The van der Waals surface area contributed by atoms with Gasteiger partial charge in [0.25, 0.3) is 0 Å². The summed E-state index contributed by atoms with van der Waals surface area (Å²) >= 11 is 0. The van der Waals surface area contributed by atoms with Gasteiger partial charge in [-0.3, -0.25) is 14.5 Å². The highest BCUT2D eigenvalue weighted by atomic mass is 16.5. The number of hydrogen-bond acceptors (Lipinski definition) is 4. The Hall–Kier alpha value is -1.88. The number of anilines is 1. The third-order valence-corrected chi connectivity index (χ3v) is 4.29. The van der Waals surface area contributed by atoms with Crippen molar-refractivity contribution in [1.82, 2.24) is 4.90 Å². The normalized spacial score (nSPS) is 19.4. The molecule has 1 atom stereocenters. The quantitative estimate of drug-likeness (QED) is 0.797. The largest absolute Gasteiger partial charge is 0.465 e. The number of nitrogens with zero attached hydrogens (tertiary/aromatic N) is 2. The molecule has 0 radical (unpaired) electrons. The van der Waals surface area contributed by atoms with Gasteiger partial charge in [-0.15, -0.1) is 0 Å². The van der Waals surface area contributed by atoms with E-state index in [-0.39, 0.29) is 24.5 Å². The Morgan fingerprint density at radius 2 is 2.05 bits per heavy atom. The fraction of sp³-hybridized carbons (Fsp3) is 0.529. The first-order valence-electron chi connectivity index (χ1n) is 7.73. The SMILES string of the molecule is CCOC(=O)CN1CCN(c2cccc(C)c2C)C(=O)[C@H]1C. The molecule has 1 heterocycles. The van der Waals surface area contributed by atoms with Crippen LogP contribution >= 0.6 is 0 Å². The number of piperazine rings is 1. The molecule has 0 bridgehead atoms. The van der Waals surface area contributed by atoms with Crippen LogP contribution in [-0.2, 0) is 14.3 Å². The predicted molar refractivity (Wildman–Crippen MR) is 85.9 cm³/mol. The Balaban J connectivity index is 2.12. The van der Waals surface area contributed by atoms with Gasteiger partial charge in [0.2, 0.25) is 5.91 Å². The Kier molecular flexibility index (Phi) is 5.19. The molecule has 1 aromatic carbocycles. The smallest absolute Gasteiger partial charge is 0.320 e. The topological polar surface area (TPSA) is 49.9 Å². The second kappa shape index (κ2) is 6.92. The third kappa shape index (κ3) is 3.30. The molecule has 1 aliphatic rings. The molecule has 1 amide bonds. The third-order valence-electron chi connectivity index (χ3n) is 4.29. The Bertz CT molecular complexity index is 571. The maximum atomic E-state index is 12.7. The number of aryl methyl sites for hydroxylation is 1. The molecule has 0 spiro atoms. The molecule has 0 unspecified atom stereocenters. The minimum absolute atomic E-state index is 0.0317. The van der Waals surface area contributed by atoms with Crippen molar-refractivity contribution in [3.8, 4) is 0 Å². The first-order chi connectivity index (χ1) is 10.5. The first kappa shape index (κ1) is 16.5. The first-order valence-corrected chi connectivity index (χ1v) is 7.73. The second-order valence-corrected chi connectivity index (χ2v) is 5.66. The summed E-state index contributed by atoms with van der Waals surface area (Å²) in [6.45, 7) is 9.50. The minimum atomic E-state index is -0.321. The fourth-order valence-corrected chi connectivity index (χ4v) is 2.77. The molecular weight excluding hydrogens is 280 g/mol. The number of rotatable bonds is 4. The van der Waals surface area contributed by atoms with Crippen LogP contribution in [-0.4, -0.2) is 49.1 Å². The lowest BCUT2D eigenvalue weighted by Gasteiger charge is -2.39. The number of esters is 1. The van der Waals surface area contributed by atoms with Crippen LogP contribution in [0.4, 0.5) is 5.69 Å². The van der Waals surface area contributed by atoms with Crippen LogP contribution in [0.2, 0.25) is 0 Å². The van der Waals surface area contributed by atoms with E-state index >= 15 is 0 Å². The molecule has 1 saturated heterocycles. The van der Waals surface area contributed by atoms with Gasteiger partial charge in [-0.2, -0.15) is 0 Å². The Labute approximate surface area is 131 Å². The van der Waals surface area contributed by atoms with Crippen LogP contribution in [0.5, 0.6) is 0 Å². The summed E-state index contributed by atoms with van der Waals surface area (Å²) in [4.78, 5) is 28.0. The van der Waals surface area contributed by atoms with Gasteiger partial charge < -0.3 is 9.64 Å². The van der Waals surface area contributed by atoms with Crippen molar-refractivity contribution in [2.24, 2.45) is 0 Å². The van der Waals surface area contributed by atoms with Crippen molar-refractivity contribution in [3.05, 3.63) is 29.3 Å². The standard InChI is InChI=1S/C17H24N2O3/c1-5-22-16(20)11-18-9-10-19(17(21)14(18)4)15-8-6-7-12(2)13(15)3/h6-8,14H,5,9-11H2,1-4H3/t14-/m1/s1. The molecular formula is C17H24N2O3. The molecule has 1 fully saturated rings. The molecule has 1 aromatic rings. The summed E-state index contributed by atoms with van der Waals surface area (Å²) in [7, 11) is 0. The van der Waals surface area contributed by atoms with Crippen LogP contribution in [0.1, 0.15) is 25.0 Å². The van der Waals surface area contributed by atoms with Crippen molar-refractivity contribution < 1.29 is 14.3 Å². The van der Waals surface area contributed by atoms with Crippen LogP contribution < -0.4 is 4.90 Å². The van der Waals surface area contributed by atoms with Gasteiger partial charge in [0.05, 0.1) is 19.2 Å². The van der Waals surface area contributed by atoms with Gasteiger partial charge in [0.1, 0.15) is 0 Å². The van der Waals surface area contributed by atoms with Crippen molar-refractivity contribution in [2.75, 3.05) is 31.1 Å². The summed E-state index contributed by atoms with van der Waals surface area (Å²) in [6, 6.07) is 5.68. The van der Waals surface area contributed by atoms with E-state index in [0.29, 0.717) is 19.7 Å². The molecule has 0 N–H and O–H groups in total. The monoisotopic (exact) mass is 304 g/mol. The highest BCUT2D eigenvalue weighted by molar-refractivity contribution is 5.98. The number of carbonyl (C=O) groups is 2. The molecule has 2 rings (SSSR count). The number of carbonyl (C=O) groups excluding carboxylic acids is 2. The van der Waals surface area contributed by atoms with Crippen LogP contribution in [0.15, 0.2) is 18.2 Å². The van der Waals surface area contributed by atoms with E-state index in [9.17, 15) is 9.59 Å². The lowest BCUT2D eigenvalue weighted by molar-refractivity contribution is -0.145. The Morgan fingerprint density at radius 1 is 1.32 bits per heavy atom. The Morgan fingerprint density at radius 3 is 2.73 bits per heavy atom. The maximum Gasteiger partial charge on any atom is 0.320 e. The average molecular weight is 304 g/mol. The summed E-state index contributed by atoms with van der Waals surface area (Å²) in [6.07, 6.45) is 0. The average Bonchev–Trinajstić information content (AvgIpc) is 2.48. The van der Waals surface area contributed by atoms with Crippen molar-refractivity contribution in [2.45, 2.75) is 33.7 Å². The molecule has 5 nitrogen and oxygen atoms in total. The van der Waals surface area contributed by atoms with E-state index < -0.39 is 0 Å². The number of ether oxygens (including phenoxy) is 1. The van der Waals surface area contributed by atoms with Gasteiger partial charge in [-0.25, -0.2) is 0 Å². The number of amides is 1. The summed E-state index contributed by atoms with van der Waals surface area (Å²) in [5, 5.41) is 0. The number of hydrogen-bond donors (Lipinski definition) is 0. The molecule has 22 heavy (non-hydrogen) atoms. The molecule has 0 aromatic heterocycles. The minimum Gasteiger partial charge on any atom is -0.465 e. The van der Waals surface area contributed by atoms with Gasteiger partial charge in [-0.1, -0.05) is 12.1 Å². The van der Waals surface area contributed by atoms with E-state index in [4.69, 9.17) is 4.74 Å². The second-order valence-electron chi connectivity index (χ2n) is 5.66. The van der Waals surface area contributed by atoms with Crippen LogP contribution in [0, 0.1) is 13.8 Å². The molecule has 0 aliphatic carbocycles. The highest BCUT2D eigenvalue weighted by Crippen LogP contribution is 2.26. The summed E-state index contributed by atoms with van der Waals surface area (Å²) < 4.78 is 4.97. The number of benzene rings is 1. The fourth-order valence-electron chi connectivity index (χ4n) is 2.77. The van der Waals surface area contributed by atoms with E-state index in [0.717, 1.165) is 11.3 Å². The van der Waals surface area contributed by atoms with Crippen molar-refractivity contribution in [1.29, 1.82) is 0 Å². The lowest BCUT2D eigenvalue weighted by atomic mass is 10.0. The van der Waals surface area contributed by atoms with Crippen LogP contribution in [0.3, 0.4) is 0 Å². The van der Waals surface area contributed by atoms with E-state index in [1.54, 1.807) is 6.92 Å². The predicted octanol–water partition coefficient (Wildman–Crippen LogP) is 1.90. The zero-order chi connectivity index (χ0) is 16.3. The lowest BCUT2D eigenvalue weighted by Crippen LogP contribution is -2.57.